The molecule has 0 saturated heterocycles. The van der Waals surface area contributed by atoms with E-state index in [2.05, 4.69) is 43.0 Å². The highest BCUT2D eigenvalue weighted by molar-refractivity contribution is 5.80. The van der Waals surface area contributed by atoms with Crippen molar-refractivity contribution in [2.24, 2.45) is 16.8 Å². The molecule has 4 heteroatoms. The van der Waals surface area contributed by atoms with Crippen molar-refractivity contribution in [1.82, 2.24) is 4.90 Å². The van der Waals surface area contributed by atoms with Gasteiger partial charge in [-0.2, -0.15) is 0 Å². The molecule has 112 valence electrons. The minimum atomic E-state index is 0.158. The molecule has 0 spiro atoms. The second kappa shape index (κ2) is 8.59. The van der Waals surface area contributed by atoms with Crippen LogP contribution in [0.5, 0.6) is 0 Å². The lowest BCUT2D eigenvalue weighted by atomic mass is 9.99. The quantitative estimate of drug-likeness (QED) is 0.332. The lowest BCUT2D eigenvalue weighted by Crippen LogP contribution is -2.35. The Kier molecular flexibility index (Phi) is 7.09. The third kappa shape index (κ3) is 4.85. The third-order valence-electron chi connectivity index (χ3n) is 3.81. The number of benzene rings is 1. The van der Waals surface area contributed by atoms with Crippen molar-refractivity contribution in [2.45, 2.75) is 39.7 Å². The number of hydrogen-bond acceptors (Lipinski definition) is 3. The molecule has 0 heterocycles. The van der Waals surface area contributed by atoms with Crippen molar-refractivity contribution >= 4 is 5.84 Å². The molecule has 4 nitrogen and oxygen atoms in total. The van der Waals surface area contributed by atoms with Crippen LogP contribution in [-0.4, -0.2) is 29.0 Å². The summed E-state index contributed by atoms with van der Waals surface area (Å²) in [5, 5.41) is 12.0. The summed E-state index contributed by atoms with van der Waals surface area (Å²) in [4.78, 5) is 2.40. The van der Waals surface area contributed by atoms with Gasteiger partial charge >= 0.3 is 0 Å². The Morgan fingerprint density at radius 1 is 1.30 bits per heavy atom. The van der Waals surface area contributed by atoms with Crippen LogP contribution in [0.1, 0.15) is 45.2 Å². The fraction of sp³-hybridized carbons (Fsp3) is 0.562. The normalized spacial score (nSPS) is 15.3. The molecule has 1 aromatic carbocycles. The van der Waals surface area contributed by atoms with E-state index in [1.807, 2.05) is 18.2 Å². The van der Waals surface area contributed by atoms with Gasteiger partial charge in [-0.25, -0.2) is 0 Å². The zero-order valence-electron chi connectivity index (χ0n) is 12.8. The molecule has 1 aromatic rings. The van der Waals surface area contributed by atoms with Crippen molar-refractivity contribution in [2.75, 3.05) is 13.1 Å². The number of hydrogen-bond donors (Lipinski definition) is 2. The van der Waals surface area contributed by atoms with Crippen LogP contribution in [-0.2, 0) is 0 Å². The summed E-state index contributed by atoms with van der Waals surface area (Å²) in [5.41, 5.74) is 6.95. The molecule has 0 bridgehead atoms. The second-order valence-corrected chi connectivity index (χ2v) is 5.32. The summed E-state index contributed by atoms with van der Waals surface area (Å²) >= 11 is 0. The number of nitrogens with zero attached hydrogens (tertiary/aromatic N) is 2. The Hall–Kier alpha value is -1.55. The molecule has 2 unspecified atom stereocenters. The van der Waals surface area contributed by atoms with Gasteiger partial charge in [-0.3, -0.25) is 4.90 Å². The summed E-state index contributed by atoms with van der Waals surface area (Å²) in [6.45, 7) is 8.59. The van der Waals surface area contributed by atoms with Crippen molar-refractivity contribution < 1.29 is 5.21 Å². The van der Waals surface area contributed by atoms with Crippen LogP contribution in [0, 0.1) is 5.92 Å². The van der Waals surface area contributed by atoms with Crippen LogP contribution in [0.4, 0.5) is 0 Å². The zero-order chi connectivity index (χ0) is 15.0. The van der Waals surface area contributed by atoms with Gasteiger partial charge in [0.1, 0.15) is 5.84 Å². The van der Waals surface area contributed by atoms with Gasteiger partial charge in [-0.1, -0.05) is 62.7 Å². The Morgan fingerprint density at radius 3 is 2.45 bits per heavy atom. The first-order valence-electron chi connectivity index (χ1n) is 7.37. The summed E-state index contributed by atoms with van der Waals surface area (Å²) < 4.78 is 0. The van der Waals surface area contributed by atoms with Crippen molar-refractivity contribution in [3.05, 3.63) is 35.9 Å². The van der Waals surface area contributed by atoms with Crippen molar-refractivity contribution in [1.29, 1.82) is 0 Å². The van der Waals surface area contributed by atoms with Crippen LogP contribution in [0.15, 0.2) is 35.5 Å². The van der Waals surface area contributed by atoms with Crippen molar-refractivity contribution in [3.63, 3.8) is 0 Å². The molecule has 1 rings (SSSR count). The van der Waals surface area contributed by atoms with Gasteiger partial charge in [0, 0.05) is 19.0 Å². The predicted octanol–water partition coefficient (Wildman–Crippen LogP) is 3.23. The Morgan fingerprint density at radius 2 is 1.95 bits per heavy atom. The molecule has 2 atom stereocenters. The maximum Gasteiger partial charge on any atom is 0.141 e. The van der Waals surface area contributed by atoms with Crippen LogP contribution < -0.4 is 5.73 Å². The smallest absolute Gasteiger partial charge is 0.141 e. The number of oxime groups is 1. The number of nitrogens with two attached hydrogens (primary N) is 1. The average molecular weight is 277 g/mol. The summed E-state index contributed by atoms with van der Waals surface area (Å²) in [5.74, 6) is 0.912. The molecule has 0 aliphatic carbocycles. The highest BCUT2D eigenvalue weighted by Crippen LogP contribution is 2.25. The first-order chi connectivity index (χ1) is 9.62. The van der Waals surface area contributed by atoms with E-state index >= 15 is 0 Å². The van der Waals surface area contributed by atoms with E-state index in [9.17, 15) is 0 Å². The molecular weight excluding hydrogens is 250 g/mol. The highest BCUT2D eigenvalue weighted by Gasteiger charge is 2.21. The van der Waals surface area contributed by atoms with E-state index in [-0.39, 0.29) is 11.9 Å². The van der Waals surface area contributed by atoms with Gasteiger partial charge in [-0.05, 0) is 18.0 Å². The molecule has 0 aliphatic heterocycles. The summed E-state index contributed by atoms with van der Waals surface area (Å²) in [7, 11) is 0. The van der Waals surface area contributed by atoms with Gasteiger partial charge in [0.15, 0.2) is 0 Å². The molecule has 0 aliphatic rings. The molecule has 20 heavy (non-hydrogen) atoms. The van der Waals surface area contributed by atoms with Gasteiger partial charge < -0.3 is 10.9 Å². The molecule has 0 amide bonds. The maximum atomic E-state index is 8.86. The lowest BCUT2D eigenvalue weighted by molar-refractivity contribution is 0.180. The lowest BCUT2D eigenvalue weighted by Gasteiger charge is -2.32. The molecule has 0 fully saturated rings. The monoisotopic (exact) mass is 277 g/mol. The first-order valence-corrected chi connectivity index (χ1v) is 7.37. The topological polar surface area (TPSA) is 61.8 Å². The van der Waals surface area contributed by atoms with E-state index in [0.717, 1.165) is 19.5 Å². The Labute approximate surface area is 122 Å². The maximum absolute atomic E-state index is 8.86. The predicted molar refractivity (Wildman–Crippen MR) is 83.9 cm³/mol. The van der Waals surface area contributed by atoms with E-state index in [4.69, 9.17) is 10.9 Å². The van der Waals surface area contributed by atoms with E-state index in [0.29, 0.717) is 12.3 Å². The molecule has 3 N–H and O–H groups in total. The van der Waals surface area contributed by atoms with Crippen LogP contribution in [0.2, 0.25) is 0 Å². The van der Waals surface area contributed by atoms with E-state index < -0.39 is 0 Å². The second-order valence-electron chi connectivity index (χ2n) is 5.32. The minimum absolute atomic E-state index is 0.158. The van der Waals surface area contributed by atoms with Gasteiger partial charge in [0.05, 0.1) is 0 Å². The minimum Gasteiger partial charge on any atom is -0.409 e. The molecule has 0 aromatic heterocycles. The first kappa shape index (κ1) is 16.5. The summed E-state index contributed by atoms with van der Waals surface area (Å²) in [6, 6.07) is 10.4. The molecule has 0 radical (unpaired) electrons. The number of rotatable bonds is 8. The summed E-state index contributed by atoms with van der Waals surface area (Å²) in [6.07, 6.45) is 1.70. The van der Waals surface area contributed by atoms with E-state index in [1.165, 1.54) is 5.56 Å². The van der Waals surface area contributed by atoms with Crippen LogP contribution in [0.3, 0.4) is 0 Å². The third-order valence-corrected chi connectivity index (χ3v) is 3.81. The standard InChI is InChI=1S/C16H27N3O/c1-4-13(3)12-19(5-2)15(11-16(17)18-20)14-9-7-6-8-10-14/h6-10,13,15,20H,4-5,11-12H2,1-3H3,(H2,17,18). The van der Waals surface area contributed by atoms with Crippen LogP contribution in [0.25, 0.3) is 0 Å². The molecule has 0 saturated carbocycles. The van der Waals surface area contributed by atoms with E-state index in [1.54, 1.807) is 0 Å². The van der Waals surface area contributed by atoms with Gasteiger partial charge in [0.25, 0.3) is 0 Å². The van der Waals surface area contributed by atoms with Crippen molar-refractivity contribution in [3.8, 4) is 0 Å². The van der Waals surface area contributed by atoms with Gasteiger partial charge in [-0.15, -0.1) is 0 Å². The number of amidine groups is 1. The highest BCUT2D eigenvalue weighted by atomic mass is 16.4. The fourth-order valence-corrected chi connectivity index (χ4v) is 2.38. The van der Waals surface area contributed by atoms with Crippen LogP contribution >= 0.6 is 0 Å². The van der Waals surface area contributed by atoms with Gasteiger partial charge in [0.2, 0.25) is 0 Å². The Balaban J connectivity index is 2.96. The Bertz CT molecular complexity index is 405. The zero-order valence-corrected chi connectivity index (χ0v) is 12.8. The average Bonchev–Trinajstić information content (AvgIpc) is 2.50. The largest absolute Gasteiger partial charge is 0.409 e. The SMILES string of the molecule is CCC(C)CN(CC)C(CC(N)=NO)c1ccccc1. The molecular formula is C16H27N3O. The fourth-order valence-electron chi connectivity index (χ4n) is 2.38.